The standard InChI is InChI=1S/C25H19F2NS2/c26-23-14-18(5-10-21-11-12-22(30-21)13-17-3-1-2-4-17)15-24(27)25(23)19-6-8-20(9-7-19)28-16-29/h6-9,11-12,14-15,17H,1-4,13H2. The van der Waals surface area contributed by atoms with Gasteiger partial charge in [0.25, 0.3) is 0 Å². The van der Waals surface area contributed by atoms with E-state index in [0.29, 0.717) is 16.8 Å². The minimum absolute atomic E-state index is 0.0755. The van der Waals surface area contributed by atoms with Crippen molar-refractivity contribution < 1.29 is 8.78 Å². The lowest BCUT2D eigenvalue weighted by Gasteiger charge is -2.06. The van der Waals surface area contributed by atoms with Crippen LogP contribution in [0.1, 0.15) is 41.0 Å². The lowest BCUT2D eigenvalue weighted by Crippen LogP contribution is -1.95. The maximum Gasteiger partial charge on any atom is 0.135 e. The second-order valence-electron chi connectivity index (χ2n) is 7.44. The summed E-state index contributed by atoms with van der Waals surface area (Å²) in [5.41, 5.74) is 1.26. The second-order valence-corrected chi connectivity index (χ2v) is 8.79. The van der Waals surface area contributed by atoms with Crippen LogP contribution >= 0.6 is 23.6 Å². The summed E-state index contributed by atoms with van der Waals surface area (Å²) >= 11 is 6.23. The smallest absolute Gasteiger partial charge is 0.135 e. The Hall–Kier alpha value is -2.64. The molecule has 1 fully saturated rings. The molecule has 0 amide bonds. The van der Waals surface area contributed by atoms with Crippen molar-refractivity contribution in [3.63, 3.8) is 0 Å². The quantitative estimate of drug-likeness (QED) is 0.234. The molecule has 3 aromatic rings. The van der Waals surface area contributed by atoms with Crippen LogP contribution in [0.3, 0.4) is 0 Å². The molecule has 0 spiro atoms. The normalized spacial score (nSPS) is 13.5. The van der Waals surface area contributed by atoms with Gasteiger partial charge >= 0.3 is 0 Å². The molecule has 4 rings (SSSR count). The summed E-state index contributed by atoms with van der Waals surface area (Å²) in [4.78, 5) is 6.10. The van der Waals surface area contributed by atoms with E-state index in [2.05, 4.69) is 40.3 Å². The zero-order chi connectivity index (χ0) is 20.9. The van der Waals surface area contributed by atoms with Crippen LogP contribution in [0.25, 0.3) is 11.1 Å². The van der Waals surface area contributed by atoms with Crippen molar-refractivity contribution in [2.75, 3.05) is 0 Å². The number of hydrogen-bond acceptors (Lipinski definition) is 3. The third-order valence-electron chi connectivity index (χ3n) is 5.33. The molecule has 0 N–H and O–H groups in total. The molecule has 0 unspecified atom stereocenters. The fourth-order valence-corrected chi connectivity index (χ4v) is 4.95. The first kappa shape index (κ1) is 20.6. The molecular weight excluding hydrogens is 416 g/mol. The van der Waals surface area contributed by atoms with E-state index in [1.807, 2.05) is 6.07 Å². The van der Waals surface area contributed by atoms with Gasteiger partial charge in [-0.25, -0.2) is 8.78 Å². The number of halogens is 2. The number of nitrogens with zero attached hydrogens (tertiary/aromatic N) is 1. The zero-order valence-electron chi connectivity index (χ0n) is 16.3. The Labute approximate surface area is 184 Å². The molecule has 0 bridgehead atoms. The highest BCUT2D eigenvalue weighted by Gasteiger charge is 2.16. The summed E-state index contributed by atoms with van der Waals surface area (Å²) in [6.45, 7) is 0. The fraction of sp³-hybridized carbons (Fsp3) is 0.240. The minimum atomic E-state index is -0.640. The summed E-state index contributed by atoms with van der Waals surface area (Å²) in [7, 11) is 0. The van der Waals surface area contributed by atoms with Gasteiger partial charge < -0.3 is 0 Å². The molecule has 0 saturated heterocycles. The van der Waals surface area contributed by atoms with Crippen LogP contribution in [0.5, 0.6) is 0 Å². The highest BCUT2D eigenvalue weighted by Crippen LogP contribution is 2.31. The van der Waals surface area contributed by atoms with Crippen LogP contribution in [0.15, 0.2) is 53.5 Å². The van der Waals surface area contributed by atoms with E-state index < -0.39 is 11.6 Å². The molecule has 1 heterocycles. The second kappa shape index (κ2) is 9.45. The maximum atomic E-state index is 14.6. The summed E-state index contributed by atoms with van der Waals surface area (Å²) in [6, 6.07) is 13.2. The van der Waals surface area contributed by atoms with Crippen molar-refractivity contribution in [3.05, 3.63) is 75.5 Å². The topological polar surface area (TPSA) is 12.4 Å². The number of benzene rings is 2. The van der Waals surface area contributed by atoms with E-state index in [4.69, 9.17) is 0 Å². The lowest BCUT2D eigenvalue weighted by atomic mass is 10.0. The molecule has 1 saturated carbocycles. The Morgan fingerprint density at radius 1 is 0.967 bits per heavy atom. The van der Waals surface area contributed by atoms with Crippen molar-refractivity contribution in [3.8, 4) is 23.0 Å². The molecule has 0 atom stereocenters. The summed E-state index contributed by atoms with van der Waals surface area (Å²) in [5, 5.41) is 2.27. The molecule has 1 nitrogen and oxygen atoms in total. The van der Waals surface area contributed by atoms with Crippen molar-refractivity contribution in [2.24, 2.45) is 10.9 Å². The molecule has 0 aliphatic heterocycles. The van der Waals surface area contributed by atoms with Crippen LogP contribution in [0.4, 0.5) is 14.5 Å². The van der Waals surface area contributed by atoms with Crippen LogP contribution in [-0.4, -0.2) is 5.16 Å². The van der Waals surface area contributed by atoms with Gasteiger partial charge in [0.2, 0.25) is 0 Å². The average Bonchev–Trinajstić information content (AvgIpc) is 3.40. The lowest BCUT2D eigenvalue weighted by molar-refractivity contribution is 0.551. The third kappa shape index (κ3) is 4.91. The molecule has 1 aliphatic carbocycles. The molecule has 1 aromatic heterocycles. The number of thiophene rings is 1. The minimum Gasteiger partial charge on any atom is -0.206 e. The molecule has 150 valence electrons. The van der Waals surface area contributed by atoms with Crippen molar-refractivity contribution >= 4 is 34.4 Å². The molecular formula is C25H19F2NS2. The predicted molar refractivity (Wildman–Crippen MR) is 122 cm³/mol. The Kier molecular flexibility index (Phi) is 6.50. The van der Waals surface area contributed by atoms with Crippen molar-refractivity contribution in [1.82, 2.24) is 0 Å². The Bertz CT molecular complexity index is 1130. The van der Waals surface area contributed by atoms with Gasteiger partial charge in [0.05, 0.1) is 21.3 Å². The monoisotopic (exact) mass is 435 g/mol. The highest BCUT2D eigenvalue weighted by atomic mass is 32.1. The number of isothiocyanates is 1. The van der Waals surface area contributed by atoms with Crippen LogP contribution in [-0.2, 0) is 6.42 Å². The SMILES string of the molecule is Fc1cc(C#Cc2ccc(CC3CCCC3)s2)cc(F)c1-c1ccc(N=C=S)cc1. The number of hydrogen-bond donors (Lipinski definition) is 0. The summed E-state index contributed by atoms with van der Waals surface area (Å²) in [6.07, 6.45) is 6.40. The van der Waals surface area contributed by atoms with Crippen LogP contribution in [0.2, 0.25) is 0 Å². The van der Waals surface area contributed by atoms with Crippen LogP contribution < -0.4 is 0 Å². The van der Waals surface area contributed by atoms with E-state index >= 15 is 0 Å². The first-order valence-electron chi connectivity index (χ1n) is 9.90. The number of rotatable bonds is 4. The van der Waals surface area contributed by atoms with Gasteiger partial charge in [0.15, 0.2) is 0 Å². The van der Waals surface area contributed by atoms with Gasteiger partial charge in [-0.3, -0.25) is 0 Å². The largest absolute Gasteiger partial charge is 0.206 e. The first-order chi connectivity index (χ1) is 14.6. The van der Waals surface area contributed by atoms with Gasteiger partial charge in [0, 0.05) is 10.4 Å². The molecule has 0 radical (unpaired) electrons. The fourth-order valence-electron chi connectivity index (χ4n) is 3.86. The Morgan fingerprint density at radius 3 is 2.33 bits per heavy atom. The average molecular weight is 436 g/mol. The Morgan fingerprint density at radius 2 is 1.67 bits per heavy atom. The van der Waals surface area contributed by atoms with E-state index in [0.717, 1.165) is 17.2 Å². The van der Waals surface area contributed by atoms with E-state index in [9.17, 15) is 8.78 Å². The van der Waals surface area contributed by atoms with Gasteiger partial charge in [-0.15, -0.1) is 11.3 Å². The van der Waals surface area contributed by atoms with E-state index in [1.165, 1.54) is 42.7 Å². The zero-order valence-corrected chi connectivity index (χ0v) is 17.9. The van der Waals surface area contributed by atoms with Crippen LogP contribution in [0, 0.1) is 29.4 Å². The van der Waals surface area contributed by atoms with Crippen molar-refractivity contribution in [2.45, 2.75) is 32.1 Å². The molecule has 5 heteroatoms. The summed E-state index contributed by atoms with van der Waals surface area (Å²) < 4.78 is 29.3. The van der Waals surface area contributed by atoms with Gasteiger partial charge in [-0.2, -0.15) is 4.99 Å². The van der Waals surface area contributed by atoms with Gasteiger partial charge in [-0.05, 0) is 66.5 Å². The van der Waals surface area contributed by atoms with Gasteiger partial charge in [0.1, 0.15) is 11.6 Å². The van der Waals surface area contributed by atoms with E-state index in [-0.39, 0.29) is 5.56 Å². The highest BCUT2D eigenvalue weighted by molar-refractivity contribution is 7.78. The summed E-state index contributed by atoms with van der Waals surface area (Å²) in [5.74, 6) is 5.45. The maximum absolute atomic E-state index is 14.6. The van der Waals surface area contributed by atoms with Crippen molar-refractivity contribution in [1.29, 1.82) is 0 Å². The molecule has 2 aromatic carbocycles. The predicted octanol–water partition coefficient (Wildman–Crippen LogP) is 7.56. The number of thiocarbonyl (C=S) groups is 1. The van der Waals surface area contributed by atoms with E-state index in [1.54, 1.807) is 35.6 Å². The Balaban J connectivity index is 1.52. The molecule has 1 aliphatic rings. The number of aliphatic imine (C=N–C) groups is 1. The molecule has 30 heavy (non-hydrogen) atoms. The van der Waals surface area contributed by atoms with Gasteiger partial charge in [-0.1, -0.05) is 49.7 Å². The third-order valence-corrected chi connectivity index (χ3v) is 6.44. The first-order valence-corrected chi connectivity index (χ1v) is 11.1.